The predicted molar refractivity (Wildman–Crippen MR) is 73.6 cm³/mol. The van der Waals surface area contributed by atoms with Crippen LogP contribution in [0.25, 0.3) is 0 Å². The largest absolute Gasteiger partial charge is 0.494 e. The number of aromatic hydroxyl groups is 1. The average molecular weight is 266 g/mol. The van der Waals surface area contributed by atoms with Crippen LogP contribution in [0.15, 0.2) is 9.59 Å². The van der Waals surface area contributed by atoms with E-state index >= 15 is 0 Å². The van der Waals surface area contributed by atoms with Crippen LogP contribution in [0.2, 0.25) is 0 Å². The van der Waals surface area contributed by atoms with E-state index in [9.17, 15) is 14.7 Å². The molecule has 0 saturated heterocycles. The predicted octanol–water partition coefficient (Wildman–Crippen LogP) is 1.77. The Bertz CT molecular complexity index is 539. The van der Waals surface area contributed by atoms with E-state index in [1.165, 1.54) is 36.7 Å². The van der Waals surface area contributed by atoms with Gasteiger partial charge in [0, 0.05) is 6.54 Å². The molecule has 0 bridgehead atoms. The van der Waals surface area contributed by atoms with Crippen LogP contribution >= 0.6 is 0 Å². The van der Waals surface area contributed by atoms with Crippen molar-refractivity contribution in [2.24, 2.45) is 5.92 Å². The van der Waals surface area contributed by atoms with Crippen LogP contribution < -0.4 is 11.2 Å². The molecule has 2 rings (SSSR count). The monoisotopic (exact) mass is 266 g/mol. The Morgan fingerprint density at radius 1 is 1.26 bits per heavy atom. The fourth-order valence-electron chi connectivity index (χ4n) is 2.91. The van der Waals surface area contributed by atoms with Gasteiger partial charge in [-0.25, -0.2) is 4.79 Å². The number of H-pyrrole nitrogens is 1. The summed E-state index contributed by atoms with van der Waals surface area (Å²) in [4.78, 5) is 25.5. The molecule has 106 valence electrons. The Balaban J connectivity index is 2.15. The Hall–Kier alpha value is -1.52. The highest BCUT2D eigenvalue weighted by molar-refractivity contribution is 5.22. The number of nitrogens with one attached hydrogen (secondary N) is 1. The van der Waals surface area contributed by atoms with Crippen molar-refractivity contribution < 1.29 is 5.11 Å². The molecule has 0 spiro atoms. The average Bonchev–Trinajstić information content (AvgIpc) is 2.39. The van der Waals surface area contributed by atoms with Gasteiger partial charge in [-0.15, -0.1) is 0 Å². The third-order valence-electron chi connectivity index (χ3n) is 4.10. The van der Waals surface area contributed by atoms with Crippen molar-refractivity contribution in [3.8, 4) is 5.88 Å². The molecule has 1 aliphatic carbocycles. The van der Waals surface area contributed by atoms with Gasteiger partial charge in [0.25, 0.3) is 5.56 Å². The van der Waals surface area contributed by atoms with Gasteiger partial charge in [0.05, 0.1) is 5.56 Å². The number of hydrogen-bond acceptors (Lipinski definition) is 3. The Morgan fingerprint density at radius 2 is 1.95 bits per heavy atom. The lowest BCUT2D eigenvalue weighted by molar-refractivity contribution is 0.308. The fraction of sp³-hybridized carbons (Fsp3) is 0.714. The zero-order chi connectivity index (χ0) is 13.8. The molecule has 1 saturated carbocycles. The molecule has 19 heavy (non-hydrogen) atoms. The lowest BCUT2D eigenvalue weighted by atomic mass is 9.87. The molecule has 5 nitrogen and oxygen atoms in total. The maximum Gasteiger partial charge on any atom is 0.331 e. The normalized spacial score (nSPS) is 16.7. The summed E-state index contributed by atoms with van der Waals surface area (Å²) in [5.74, 6) is 0.476. The molecule has 1 aromatic heterocycles. The second-order valence-corrected chi connectivity index (χ2v) is 5.36. The summed E-state index contributed by atoms with van der Waals surface area (Å²) in [5.41, 5.74) is -0.683. The smallest absolute Gasteiger partial charge is 0.331 e. The number of nitrogens with zero attached hydrogens (tertiary/aromatic N) is 1. The molecule has 1 aliphatic rings. The maximum atomic E-state index is 11.7. The molecule has 0 unspecified atom stereocenters. The van der Waals surface area contributed by atoms with Crippen molar-refractivity contribution in [2.45, 2.75) is 58.4 Å². The van der Waals surface area contributed by atoms with Crippen molar-refractivity contribution >= 4 is 0 Å². The molecule has 0 atom stereocenters. The van der Waals surface area contributed by atoms with Crippen molar-refractivity contribution in [3.05, 3.63) is 26.4 Å². The van der Waals surface area contributed by atoms with Gasteiger partial charge in [-0.2, -0.15) is 0 Å². The summed E-state index contributed by atoms with van der Waals surface area (Å²) in [6.45, 7) is 2.28. The third-order valence-corrected chi connectivity index (χ3v) is 4.10. The van der Waals surface area contributed by atoms with Gasteiger partial charge in [0.1, 0.15) is 0 Å². The van der Waals surface area contributed by atoms with E-state index in [4.69, 9.17) is 0 Å². The number of rotatable bonds is 4. The van der Waals surface area contributed by atoms with Gasteiger partial charge in [0.15, 0.2) is 0 Å². The van der Waals surface area contributed by atoms with Crippen LogP contribution in [0.4, 0.5) is 0 Å². The minimum Gasteiger partial charge on any atom is -0.494 e. The molecule has 5 heteroatoms. The lowest BCUT2D eigenvalue weighted by Gasteiger charge is -2.22. The minimum atomic E-state index is -0.504. The van der Waals surface area contributed by atoms with E-state index in [0.29, 0.717) is 24.4 Å². The Kier molecular flexibility index (Phi) is 4.45. The highest BCUT2D eigenvalue weighted by Gasteiger charge is 2.16. The van der Waals surface area contributed by atoms with Crippen LogP contribution in [0, 0.1) is 5.92 Å². The number of hydrogen-bond donors (Lipinski definition) is 2. The number of aromatic amines is 1. The Labute approximate surface area is 112 Å². The zero-order valence-electron chi connectivity index (χ0n) is 11.4. The highest BCUT2D eigenvalue weighted by Crippen LogP contribution is 2.27. The van der Waals surface area contributed by atoms with E-state index in [1.807, 2.05) is 0 Å². The van der Waals surface area contributed by atoms with Crippen LogP contribution in [0.1, 0.15) is 51.0 Å². The van der Waals surface area contributed by atoms with Crippen LogP contribution in [-0.2, 0) is 13.0 Å². The van der Waals surface area contributed by atoms with Crippen LogP contribution in [0.5, 0.6) is 5.88 Å². The van der Waals surface area contributed by atoms with Crippen LogP contribution in [0.3, 0.4) is 0 Å². The Morgan fingerprint density at radius 3 is 2.58 bits per heavy atom. The molecule has 0 aliphatic heterocycles. The van der Waals surface area contributed by atoms with E-state index < -0.39 is 11.2 Å². The van der Waals surface area contributed by atoms with E-state index in [1.54, 1.807) is 6.92 Å². The van der Waals surface area contributed by atoms with E-state index in [2.05, 4.69) is 4.98 Å². The summed E-state index contributed by atoms with van der Waals surface area (Å²) < 4.78 is 1.30. The quantitative estimate of drug-likeness (QED) is 0.872. The first-order chi connectivity index (χ1) is 9.13. The van der Waals surface area contributed by atoms with E-state index in [0.717, 1.165) is 6.42 Å². The number of aromatic nitrogens is 2. The fourth-order valence-corrected chi connectivity index (χ4v) is 2.91. The molecule has 1 heterocycles. The molecular weight excluding hydrogens is 244 g/mol. The van der Waals surface area contributed by atoms with Crippen molar-refractivity contribution in [1.29, 1.82) is 0 Å². The first-order valence-electron chi connectivity index (χ1n) is 7.18. The lowest BCUT2D eigenvalue weighted by Crippen LogP contribution is -2.32. The zero-order valence-corrected chi connectivity index (χ0v) is 11.4. The summed E-state index contributed by atoms with van der Waals surface area (Å²) in [6.07, 6.45) is 7.56. The van der Waals surface area contributed by atoms with Gasteiger partial charge in [-0.1, -0.05) is 39.0 Å². The minimum absolute atomic E-state index is 0.160. The standard InChI is InChI=1S/C14H22N2O3/c1-2-11-12(17)15-14(19)16(13(11)18)9-8-10-6-4-3-5-7-10/h10,18H,2-9H2,1H3,(H,15,17,19). The molecule has 0 aromatic carbocycles. The SMILES string of the molecule is CCc1c(O)n(CCC2CCCCC2)c(=O)[nH]c1=O. The van der Waals surface area contributed by atoms with Gasteiger partial charge in [-0.3, -0.25) is 14.3 Å². The second-order valence-electron chi connectivity index (χ2n) is 5.36. The van der Waals surface area contributed by atoms with Gasteiger partial charge >= 0.3 is 5.69 Å². The molecule has 1 fully saturated rings. The third kappa shape index (κ3) is 3.08. The first-order valence-corrected chi connectivity index (χ1v) is 7.18. The summed E-state index contributed by atoms with van der Waals surface area (Å²) in [5, 5.41) is 10.0. The van der Waals surface area contributed by atoms with Crippen molar-refractivity contribution in [1.82, 2.24) is 9.55 Å². The van der Waals surface area contributed by atoms with Crippen molar-refractivity contribution in [2.75, 3.05) is 0 Å². The van der Waals surface area contributed by atoms with Gasteiger partial charge < -0.3 is 5.11 Å². The molecule has 2 N–H and O–H groups in total. The summed E-state index contributed by atoms with van der Waals surface area (Å²) in [7, 11) is 0. The van der Waals surface area contributed by atoms with Crippen molar-refractivity contribution in [3.63, 3.8) is 0 Å². The van der Waals surface area contributed by atoms with Gasteiger partial charge in [0.2, 0.25) is 5.88 Å². The highest BCUT2D eigenvalue weighted by atomic mass is 16.3. The molecule has 0 amide bonds. The topological polar surface area (TPSA) is 75.1 Å². The second kappa shape index (κ2) is 6.08. The summed E-state index contributed by atoms with van der Waals surface area (Å²) >= 11 is 0. The summed E-state index contributed by atoms with van der Waals surface area (Å²) in [6, 6.07) is 0. The maximum absolute atomic E-state index is 11.7. The molecule has 1 aromatic rings. The first kappa shape index (κ1) is 13.9. The molecule has 0 radical (unpaired) electrons. The van der Waals surface area contributed by atoms with E-state index in [-0.39, 0.29) is 5.88 Å². The van der Waals surface area contributed by atoms with Crippen LogP contribution in [-0.4, -0.2) is 14.7 Å². The van der Waals surface area contributed by atoms with Gasteiger partial charge in [-0.05, 0) is 18.8 Å². The molecular formula is C14H22N2O3.